The molecule has 1 N–H and O–H groups in total. The lowest BCUT2D eigenvalue weighted by molar-refractivity contribution is 0.0697. The van der Waals surface area contributed by atoms with Gasteiger partial charge < -0.3 is 10.0 Å². The van der Waals surface area contributed by atoms with Crippen molar-refractivity contribution in [2.75, 3.05) is 11.4 Å². The molecule has 2 heterocycles. The van der Waals surface area contributed by atoms with Gasteiger partial charge in [0.15, 0.2) is 0 Å². The van der Waals surface area contributed by atoms with E-state index in [2.05, 4.69) is 41.2 Å². The highest BCUT2D eigenvalue weighted by Gasteiger charge is 2.29. The third kappa shape index (κ3) is 2.39. The number of aromatic nitrogens is 2. The summed E-state index contributed by atoms with van der Waals surface area (Å²) in [5.41, 5.74) is 3.42. The fourth-order valence-electron chi connectivity index (χ4n) is 2.87. The predicted molar refractivity (Wildman–Crippen MR) is 80.8 cm³/mol. The Bertz CT molecular complexity index is 674. The van der Waals surface area contributed by atoms with Gasteiger partial charge in [0.2, 0.25) is 0 Å². The van der Waals surface area contributed by atoms with Gasteiger partial charge in [-0.1, -0.05) is 31.2 Å². The first-order chi connectivity index (χ1) is 10.1. The van der Waals surface area contributed by atoms with Crippen LogP contribution >= 0.6 is 0 Å². The smallest absolute Gasteiger partial charge is 0.341 e. The second-order valence-electron chi connectivity index (χ2n) is 5.40. The number of hydrogen-bond acceptors (Lipinski definition) is 3. The molecule has 21 heavy (non-hydrogen) atoms. The Balaban J connectivity index is 1.88. The largest absolute Gasteiger partial charge is 0.477 e. The van der Waals surface area contributed by atoms with Gasteiger partial charge in [-0.3, -0.25) is 0 Å². The van der Waals surface area contributed by atoms with Gasteiger partial charge in [0, 0.05) is 13.1 Å². The molecule has 5 heteroatoms. The molecule has 0 radical (unpaired) electrons. The maximum absolute atomic E-state index is 11.4. The predicted octanol–water partition coefficient (Wildman–Crippen LogP) is 2.47. The summed E-state index contributed by atoms with van der Waals surface area (Å²) in [5, 5.41) is 13.7. The Morgan fingerprint density at radius 1 is 1.24 bits per heavy atom. The number of rotatable bonds is 4. The van der Waals surface area contributed by atoms with Gasteiger partial charge in [0.25, 0.3) is 0 Å². The van der Waals surface area contributed by atoms with Crippen molar-refractivity contribution < 1.29 is 9.90 Å². The summed E-state index contributed by atoms with van der Waals surface area (Å²) in [7, 11) is 0. The Labute approximate surface area is 123 Å². The van der Waals surface area contributed by atoms with Gasteiger partial charge in [-0.15, -0.1) is 0 Å². The average molecular weight is 285 g/mol. The lowest BCUT2D eigenvalue weighted by Gasteiger charge is -2.18. The van der Waals surface area contributed by atoms with Crippen molar-refractivity contribution in [3.05, 3.63) is 46.6 Å². The van der Waals surface area contributed by atoms with Crippen molar-refractivity contribution in [2.45, 2.75) is 33.4 Å². The number of carboxylic acids is 1. The average Bonchev–Trinajstić information content (AvgIpc) is 2.98. The van der Waals surface area contributed by atoms with Gasteiger partial charge >= 0.3 is 5.97 Å². The van der Waals surface area contributed by atoms with E-state index in [1.807, 2.05) is 0 Å². The second kappa shape index (κ2) is 5.24. The molecule has 0 unspecified atom stereocenters. The van der Waals surface area contributed by atoms with Gasteiger partial charge in [0.05, 0.1) is 12.2 Å². The number of nitrogens with zero attached hydrogens (tertiary/aromatic N) is 3. The molecule has 0 spiro atoms. The van der Waals surface area contributed by atoms with E-state index >= 15 is 0 Å². The zero-order chi connectivity index (χ0) is 15.0. The normalized spacial score (nSPS) is 13.5. The van der Waals surface area contributed by atoms with Gasteiger partial charge in [-0.25, -0.2) is 9.48 Å². The molecule has 1 aromatic heterocycles. The molecule has 3 rings (SSSR count). The van der Waals surface area contributed by atoms with Crippen LogP contribution in [0.2, 0.25) is 0 Å². The molecule has 1 aliphatic rings. The van der Waals surface area contributed by atoms with Crippen molar-refractivity contribution >= 4 is 11.8 Å². The van der Waals surface area contributed by atoms with Crippen LogP contribution in [0, 0.1) is 6.92 Å². The summed E-state index contributed by atoms with van der Waals surface area (Å²) < 4.78 is 1.80. The van der Waals surface area contributed by atoms with E-state index in [1.54, 1.807) is 11.6 Å². The first kappa shape index (κ1) is 13.7. The number of carbonyl (C=O) groups is 1. The Kier molecular flexibility index (Phi) is 3.41. The van der Waals surface area contributed by atoms with E-state index in [1.165, 1.54) is 11.1 Å². The highest BCUT2D eigenvalue weighted by Crippen LogP contribution is 2.29. The van der Waals surface area contributed by atoms with E-state index in [0.29, 0.717) is 11.3 Å². The van der Waals surface area contributed by atoms with Crippen molar-refractivity contribution in [1.82, 2.24) is 9.78 Å². The maximum atomic E-state index is 11.4. The van der Waals surface area contributed by atoms with Crippen LogP contribution in [0.15, 0.2) is 24.3 Å². The topological polar surface area (TPSA) is 58.4 Å². The number of benzene rings is 1. The molecule has 1 aliphatic heterocycles. The van der Waals surface area contributed by atoms with Crippen LogP contribution in [0.3, 0.4) is 0 Å². The van der Waals surface area contributed by atoms with Crippen LogP contribution < -0.4 is 4.90 Å². The van der Waals surface area contributed by atoms with Crippen LogP contribution in [-0.2, 0) is 19.5 Å². The molecular formula is C16H19N3O2. The number of hydrogen-bond donors (Lipinski definition) is 1. The van der Waals surface area contributed by atoms with E-state index in [9.17, 15) is 9.90 Å². The summed E-state index contributed by atoms with van der Waals surface area (Å²) in [5.74, 6) is -0.165. The van der Waals surface area contributed by atoms with Gasteiger partial charge in [0.1, 0.15) is 11.4 Å². The Hall–Kier alpha value is -2.30. The zero-order valence-corrected chi connectivity index (χ0v) is 12.3. The molecule has 5 nitrogen and oxygen atoms in total. The molecule has 0 fully saturated rings. The van der Waals surface area contributed by atoms with Crippen LogP contribution in [0.1, 0.15) is 34.1 Å². The Morgan fingerprint density at radius 3 is 2.52 bits per heavy atom. The Morgan fingerprint density at radius 2 is 1.90 bits per heavy atom. The monoisotopic (exact) mass is 285 g/mol. The van der Waals surface area contributed by atoms with Crippen LogP contribution in [0.25, 0.3) is 0 Å². The SMILES string of the molecule is CCc1ccc(CN2CCn3nc(C)c(C(=O)O)c32)cc1. The third-order valence-electron chi connectivity index (χ3n) is 4.00. The minimum absolute atomic E-state index is 0.331. The number of anilines is 1. The highest BCUT2D eigenvalue weighted by atomic mass is 16.4. The minimum atomic E-state index is -0.901. The summed E-state index contributed by atoms with van der Waals surface area (Å²) in [6.07, 6.45) is 1.03. The summed E-state index contributed by atoms with van der Waals surface area (Å²) in [4.78, 5) is 13.5. The fraction of sp³-hybridized carbons (Fsp3) is 0.375. The molecule has 1 aromatic carbocycles. The van der Waals surface area contributed by atoms with Crippen molar-refractivity contribution in [2.24, 2.45) is 0 Å². The third-order valence-corrected chi connectivity index (χ3v) is 4.00. The first-order valence-corrected chi connectivity index (χ1v) is 7.23. The van der Waals surface area contributed by atoms with E-state index in [4.69, 9.17) is 0 Å². The van der Waals surface area contributed by atoms with Gasteiger partial charge in [-0.05, 0) is 24.5 Å². The molecule has 110 valence electrons. The highest BCUT2D eigenvalue weighted by molar-refractivity contribution is 5.95. The molecular weight excluding hydrogens is 266 g/mol. The standard InChI is InChI=1S/C16H19N3O2/c1-3-12-4-6-13(7-5-12)10-18-8-9-19-15(18)14(16(20)21)11(2)17-19/h4-7H,3,8-10H2,1-2H3,(H,20,21). The molecule has 2 aromatic rings. The summed E-state index contributed by atoms with van der Waals surface area (Å²) >= 11 is 0. The summed E-state index contributed by atoms with van der Waals surface area (Å²) in [6, 6.07) is 8.49. The molecule has 0 saturated carbocycles. The minimum Gasteiger partial charge on any atom is -0.477 e. The lowest BCUT2D eigenvalue weighted by Crippen LogP contribution is -2.21. The molecule has 0 aliphatic carbocycles. The van der Waals surface area contributed by atoms with Crippen molar-refractivity contribution in [3.8, 4) is 0 Å². The van der Waals surface area contributed by atoms with Crippen molar-refractivity contribution in [1.29, 1.82) is 0 Å². The lowest BCUT2D eigenvalue weighted by atomic mass is 10.1. The van der Waals surface area contributed by atoms with Crippen molar-refractivity contribution in [3.63, 3.8) is 0 Å². The van der Waals surface area contributed by atoms with Crippen LogP contribution in [-0.4, -0.2) is 27.4 Å². The number of aromatic carboxylic acids is 1. The van der Waals surface area contributed by atoms with E-state index in [0.717, 1.165) is 31.9 Å². The number of aryl methyl sites for hydroxylation is 2. The van der Waals surface area contributed by atoms with E-state index < -0.39 is 5.97 Å². The van der Waals surface area contributed by atoms with E-state index in [-0.39, 0.29) is 0 Å². The zero-order valence-electron chi connectivity index (χ0n) is 12.3. The fourth-order valence-corrected chi connectivity index (χ4v) is 2.87. The molecule has 0 amide bonds. The number of carboxylic acid groups (broad SMARTS) is 1. The van der Waals surface area contributed by atoms with Gasteiger partial charge in [-0.2, -0.15) is 5.10 Å². The summed E-state index contributed by atoms with van der Waals surface area (Å²) in [6.45, 7) is 6.16. The first-order valence-electron chi connectivity index (χ1n) is 7.23. The quantitative estimate of drug-likeness (QED) is 0.937. The molecule has 0 saturated heterocycles. The van der Waals surface area contributed by atoms with Crippen LogP contribution in [0.5, 0.6) is 0 Å². The number of fused-ring (bicyclic) bond motifs is 1. The molecule has 0 bridgehead atoms. The second-order valence-corrected chi connectivity index (χ2v) is 5.40. The molecule has 0 atom stereocenters. The maximum Gasteiger partial charge on any atom is 0.341 e. The van der Waals surface area contributed by atoms with Crippen LogP contribution in [0.4, 0.5) is 5.82 Å².